The molecule has 37 heavy (non-hydrogen) atoms. The summed E-state index contributed by atoms with van der Waals surface area (Å²) in [5, 5.41) is 2.82. The number of hydrogen-bond donors (Lipinski definition) is 1. The van der Waals surface area contributed by atoms with Crippen molar-refractivity contribution in [3.63, 3.8) is 0 Å². The topological polar surface area (TPSA) is 105 Å². The van der Waals surface area contributed by atoms with Crippen molar-refractivity contribution < 1.29 is 31.9 Å². The predicted octanol–water partition coefficient (Wildman–Crippen LogP) is 3.09. The molecule has 2 amide bonds. The van der Waals surface area contributed by atoms with E-state index in [1.54, 1.807) is 19.1 Å². The molecule has 1 aliphatic rings. The summed E-state index contributed by atoms with van der Waals surface area (Å²) in [5.41, 5.74) is 0.855. The van der Waals surface area contributed by atoms with Gasteiger partial charge in [0.15, 0.2) is 11.5 Å². The zero-order valence-corrected chi connectivity index (χ0v) is 22.2. The van der Waals surface area contributed by atoms with Crippen molar-refractivity contribution in [3.8, 4) is 11.5 Å². The second kappa shape index (κ2) is 12.8. The van der Waals surface area contributed by atoms with Gasteiger partial charge in [-0.25, -0.2) is 12.8 Å². The third-order valence-corrected chi connectivity index (χ3v) is 7.80. The van der Waals surface area contributed by atoms with Crippen LogP contribution in [0.25, 0.3) is 0 Å². The standard InChI is InChI=1S/C26H34FN3O6S/c1-4-6-13-28-26(32)19(3)29(17-20-7-9-21(27)10-8-20)25(31)18-30(37(33,34)5-2)22-11-12-23-24(16-22)36-15-14-35-23/h7-12,16,19H,4-6,13-15,17-18H2,1-3H3,(H,28,32)/t19-/m0/s1. The number of amides is 2. The molecule has 202 valence electrons. The van der Waals surface area contributed by atoms with Crippen LogP contribution in [0.1, 0.15) is 39.2 Å². The number of unbranched alkanes of at least 4 members (excludes halogenated alkanes) is 1. The van der Waals surface area contributed by atoms with E-state index in [-0.39, 0.29) is 23.9 Å². The van der Waals surface area contributed by atoms with Gasteiger partial charge in [-0.05, 0) is 50.1 Å². The number of fused-ring (bicyclic) bond motifs is 1. The first-order valence-corrected chi connectivity index (χ1v) is 14.0. The molecule has 0 aliphatic carbocycles. The van der Waals surface area contributed by atoms with Gasteiger partial charge in [0.25, 0.3) is 0 Å². The Morgan fingerprint density at radius 3 is 2.38 bits per heavy atom. The molecule has 2 aromatic carbocycles. The summed E-state index contributed by atoms with van der Waals surface area (Å²) >= 11 is 0. The second-order valence-electron chi connectivity index (χ2n) is 8.70. The van der Waals surface area contributed by atoms with Gasteiger partial charge in [0.2, 0.25) is 21.8 Å². The highest BCUT2D eigenvalue weighted by atomic mass is 32.2. The van der Waals surface area contributed by atoms with Crippen molar-refractivity contribution in [2.24, 2.45) is 0 Å². The van der Waals surface area contributed by atoms with E-state index in [0.29, 0.717) is 36.8 Å². The average Bonchev–Trinajstić information content (AvgIpc) is 2.90. The lowest BCUT2D eigenvalue weighted by Crippen LogP contribution is -2.51. The van der Waals surface area contributed by atoms with Gasteiger partial charge in [-0.3, -0.25) is 13.9 Å². The molecule has 0 radical (unpaired) electrons. The summed E-state index contributed by atoms with van der Waals surface area (Å²) in [7, 11) is -3.87. The summed E-state index contributed by atoms with van der Waals surface area (Å²) in [5.74, 6) is -0.710. The van der Waals surface area contributed by atoms with Crippen molar-refractivity contribution in [3.05, 3.63) is 53.8 Å². The molecule has 0 saturated heterocycles. The lowest BCUT2D eigenvalue weighted by Gasteiger charge is -2.32. The Kier molecular flexibility index (Phi) is 9.73. The van der Waals surface area contributed by atoms with Gasteiger partial charge in [0.05, 0.1) is 11.4 Å². The number of sulfonamides is 1. The van der Waals surface area contributed by atoms with Crippen molar-refractivity contribution in [1.82, 2.24) is 10.2 Å². The summed E-state index contributed by atoms with van der Waals surface area (Å²) in [6, 6.07) is 9.39. The molecule has 1 heterocycles. The molecule has 11 heteroatoms. The highest BCUT2D eigenvalue weighted by Gasteiger charge is 2.31. The molecule has 0 unspecified atom stereocenters. The Morgan fingerprint density at radius 2 is 1.73 bits per heavy atom. The molecule has 0 saturated carbocycles. The lowest BCUT2D eigenvalue weighted by atomic mass is 10.1. The van der Waals surface area contributed by atoms with E-state index in [9.17, 15) is 22.4 Å². The molecule has 9 nitrogen and oxygen atoms in total. The maximum Gasteiger partial charge on any atom is 0.244 e. The summed E-state index contributed by atoms with van der Waals surface area (Å²) in [6.45, 7) is 5.74. The van der Waals surface area contributed by atoms with Crippen LogP contribution < -0.4 is 19.1 Å². The fourth-order valence-corrected chi connectivity index (χ4v) is 4.87. The Balaban J connectivity index is 1.91. The van der Waals surface area contributed by atoms with Gasteiger partial charge >= 0.3 is 0 Å². The Labute approximate surface area is 217 Å². The number of carbonyl (C=O) groups excluding carboxylic acids is 2. The SMILES string of the molecule is CCCCNC(=O)[C@H](C)N(Cc1ccc(F)cc1)C(=O)CN(c1ccc2c(c1)OCCO2)S(=O)(=O)CC. The number of ether oxygens (including phenoxy) is 2. The second-order valence-corrected chi connectivity index (χ2v) is 10.9. The van der Waals surface area contributed by atoms with Gasteiger partial charge in [-0.1, -0.05) is 25.5 Å². The van der Waals surface area contributed by atoms with Crippen LogP contribution in [0, 0.1) is 5.82 Å². The summed E-state index contributed by atoms with van der Waals surface area (Å²) in [6.07, 6.45) is 1.68. The van der Waals surface area contributed by atoms with Crippen molar-refractivity contribution in [1.29, 1.82) is 0 Å². The predicted molar refractivity (Wildman–Crippen MR) is 139 cm³/mol. The molecule has 3 rings (SSSR count). The molecule has 1 aliphatic heterocycles. The first kappa shape index (κ1) is 28.2. The lowest BCUT2D eigenvalue weighted by molar-refractivity contribution is -0.139. The van der Waals surface area contributed by atoms with E-state index in [0.717, 1.165) is 17.1 Å². The normalized spacial score (nSPS) is 13.5. The minimum absolute atomic E-state index is 0.00261. The smallest absolute Gasteiger partial charge is 0.244 e. The van der Waals surface area contributed by atoms with Crippen LogP contribution in [0.15, 0.2) is 42.5 Å². The van der Waals surface area contributed by atoms with E-state index in [1.165, 1.54) is 42.2 Å². The van der Waals surface area contributed by atoms with Crippen LogP contribution in [-0.4, -0.2) is 63.2 Å². The van der Waals surface area contributed by atoms with Crippen LogP contribution >= 0.6 is 0 Å². The van der Waals surface area contributed by atoms with E-state index in [2.05, 4.69) is 5.32 Å². The van der Waals surface area contributed by atoms with Gasteiger partial charge in [0.1, 0.15) is 31.6 Å². The van der Waals surface area contributed by atoms with Crippen LogP contribution in [0.3, 0.4) is 0 Å². The maximum absolute atomic E-state index is 13.6. The summed E-state index contributed by atoms with van der Waals surface area (Å²) in [4.78, 5) is 27.8. The first-order valence-electron chi connectivity index (χ1n) is 12.4. The number of anilines is 1. The summed E-state index contributed by atoms with van der Waals surface area (Å²) < 4.78 is 51.7. The molecular formula is C26H34FN3O6S. The van der Waals surface area contributed by atoms with Crippen molar-refractivity contribution >= 4 is 27.5 Å². The van der Waals surface area contributed by atoms with Crippen LogP contribution in [0.4, 0.5) is 10.1 Å². The third-order valence-electron chi connectivity index (χ3n) is 6.06. The molecule has 0 spiro atoms. The molecule has 0 aromatic heterocycles. The van der Waals surface area contributed by atoms with E-state index in [4.69, 9.17) is 9.47 Å². The number of nitrogens with one attached hydrogen (secondary N) is 1. The number of benzene rings is 2. The van der Waals surface area contributed by atoms with Gasteiger partial charge in [-0.2, -0.15) is 0 Å². The van der Waals surface area contributed by atoms with Gasteiger partial charge in [0, 0.05) is 19.2 Å². The molecule has 1 N–H and O–H groups in total. The zero-order chi connectivity index (χ0) is 27.0. The zero-order valence-electron chi connectivity index (χ0n) is 21.4. The van der Waals surface area contributed by atoms with E-state index >= 15 is 0 Å². The van der Waals surface area contributed by atoms with Crippen LogP contribution in [0.5, 0.6) is 11.5 Å². The molecular weight excluding hydrogens is 501 g/mol. The van der Waals surface area contributed by atoms with Crippen molar-refractivity contribution in [2.75, 3.05) is 36.4 Å². The quantitative estimate of drug-likeness (QED) is 0.419. The van der Waals surface area contributed by atoms with Gasteiger partial charge < -0.3 is 19.7 Å². The minimum Gasteiger partial charge on any atom is -0.486 e. The van der Waals surface area contributed by atoms with E-state index < -0.39 is 34.3 Å². The van der Waals surface area contributed by atoms with Crippen molar-refractivity contribution in [2.45, 2.75) is 46.2 Å². The van der Waals surface area contributed by atoms with Crippen LogP contribution in [0.2, 0.25) is 0 Å². The number of hydrogen-bond acceptors (Lipinski definition) is 6. The monoisotopic (exact) mass is 535 g/mol. The Morgan fingerprint density at radius 1 is 1.05 bits per heavy atom. The minimum atomic E-state index is -3.87. The number of carbonyl (C=O) groups is 2. The maximum atomic E-state index is 13.6. The first-order chi connectivity index (χ1) is 17.7. The number of rotatable bonds is 12. The average molecular weight is 536 g/mol. The molecule has 2 aromatic rings. The molecule has 1 atom stereocenters. The third kappa shape index (κ3) is 7.34. The highest BCUT2D eigenvalue weighted by molar-refractivity contribution is 7.92. The number of nitrogens with zero attached hydrogens (tertiary/aromatic N) is 2. The number of halogens is 1. The van der Waals surface area contributed by atoms with E-state index in [1.807, 2.05) is 6.92 Å². The van der Waals surface area contributed by atoms with Crippen LogP contribution in [-0.2, 0) is 26.2 Å². The fraction of sp³-hybridized carbons (Fsp3) is 0.462. The van der Waals surface area contributed by atoms with Gasteiger partial charge in [-0.15, -0.1) is 0 Å². The highest BCUT2D eigenvalue weighted by Crippen LogP contribution is 2.35. The molecule has 0 fully saturated rings. The fourth-order valence-electron chi connectivity index (χ4n) is 3.81. The Hall–Kier alpha value is -3.34. The molecule has 0 bridgehead atoms. The largest absolute Gasteiger partial charge is 0.486 e. The Bertz CT molecular complexity index is 1190.